The average molecular weight is 252 g/mol. The highest BCUT2D eigenvalue weighted by Gasteiger charge is 2.06. The van der Waals surface area contributed by atoms with Gasteiger partial charge in [0.15, 0.2) is 0 Å². The van der Waals surface area contributed by atoms with Crippen molar-refractivity contribution in [2.75, 3.05) is 18.9 Å². The van der Waals surface area contributed by atoms with Crippen molar-refractivity contribution >= 4 is 17.1 Å². The first-order chi connectivity index (χ1) is 8.66. The predicted octanol–water partition coefficient (Wildman–Crippen LogP) is 0.203. The fraction of sp³-hybridized carbons (Fsp3) is 0.600. The molecule has 0 amide bonds. The van der Waals surface area contributed by atoms with E-state index in [9.17, 15) is 0 Å². The van der Waals surface area contributed by atoms with Crippen LogP contribution < -0.4 is 5.73 Å². The maximum absolute atomic E-state index is 5.45. The monoisotopic (exact) mass is 252 g/mol. The van der Waals surface area contributed by atoms with E-state index < -0.39 is 0 Å². The van der Waals surface area contributed by atoms with E-state index in [1.807, 2.05) is 13.8 Å². The van der Waals surface area contributed by atoms with Gasteiger partial charge in [-0.05, 0) is 13.8 Å². The Hall–Kier alpha value is -1.80. The van der Waals surface area contributed by atoms with E-state index >= 15 is 0 Å². The van der Waals surface area contributed by atoms with Crippen LogP contribution in [0.5, 0.6) is 0 Å². The fourth-order valence-electron chi connectivity index (χ4n) is 1.37. The van der Waals surface area contributed by atoms with Crippen LogP contribution in [-0.4, -0.2) is 44.3 Å². The minimum Gasteiger partial charge on any atom is -0.376 e. The summed E-state index contributed by atoms with van der Waals surface area (Å²) in [5.41, 5.74) is 6.61. The summed E-state index contributed by atoms with van der Waals surface area (Å²) in [5.74, 6) is 0.181. The molecule has 0 bridgehead atoms. The number of hydrogen-bond acceptors (Lipinski definition) is 7. The Morgan fingerprint density at radius 2 is 2.22 bits per heavy atom. The van der Waals surface area contributed by atoms with Crippen LogP contribution in [-0.2, 0) is 16.2 Å². The SMILES string of the molecule is CC(C)OCCOCn1nnc2nc(N)ncc21. The maximum Gasteiger partial charge on any atom is 0.222 e. The second kappa shape index (κ2) is 5.69. The van der Waals surface area contributed by atoms with Gasteiger partial charge in [0, 0.05) is 0 Å². The van der Waals surface area contributed by atoms with Crippen molar-refractivity contribution in [2.24, 2.45) is 0 Å². The van der Waals surface area contributed by atoms with E-state index in [0.29, 0.717) is 24.4 Å². The molecule has 2 aromatic rings. The molecule has 0 aliphatic heterocycles. The van der Waals surface area contributed by atoms with Crippen LogP contribution >= 0.6 is 0 Å². The quantitative estimate of drug-likeness (QED) is 0.733. The molecular weight excluding hydrogens is 236 g/mol. The number of hydrogen-bond donors (Lipinski definition) is 1. The number of nitrogen functional groups attached to an aromatic ring is 1. The van der Waals surface area contributed by atoms with E-state index in [2.05, 4.69) is 20.3 Å². The van der Waals surface area contributed by atoms with Crippen LogP contribution in [0.1, 0.15) is 13.8 Å². The normalized spacial score (nSPS) is 11.5. The van der Waals surface area contributed by atoms with Crippen LogP contribution in [0.25, 0.3) is 11.2 Å². The summed E-state index contributed by atoms with van der Waals surface area (Å²) in [5, 5.41) is 7.79. The largest absolute Gasteiger partial charge is 0.376 e. The third-order valence-corrected chi connectivity index (χ3v) is 2.19. The van der Waals surface area contributed by atoms with Gasteiger partial charge in [-0.1, -0.05) is 5.21 Å². The fourth-order valence-corrected chi connectivity index (χ4v) is 1.37. The van der Waals surface area contributed by atoms with E-state index in [-0.39, 0.29) is 18.8 Å². The van der Waals surface area contributed by atoms with E-state index in [0.717, 1.165) is 0 Å². The smallest absolute Gasteiger partial charge is 0.222 e. The zero-order valence-electron chi connectivity index (χ0n) is 10.4. The molecule has 8 nitrogen and oxygen atoms in total. The molecule has 2 rings (SSSR count). The Kier molecular flexibility index (Phi) is 4.00. The highest BCUT2D eigenvalue weighted by molar-refractivity contribution is 5.69. The molecular formula is C10H16N6O2. The molecule has 0 aliphatic carbocycles. The molecule has 0 atom stereocenters. The van der Waals surface area contributed by atoms with Gasteiger partial charge in [0.2, 0.25) is 11.6 Å². The molecule has 18 heavy (non-hydrogen) atoms. The Morgan fingerprint density at radius 3 is 3.00 bits per heavy atom. The van der Waals surface area contributed by atoms with Crippen molar-refractivity contribution < 1.29 is 9.47 Å². The molecule has 0 saturated heterocycles. The van der Waals surface area contributed by atoms with Crippen molar-refractivity contribution in [1.29, 1.82) is 0 Å². The molecule has 0 spiro atoms. The summed E-state index contributed by atoms with van der Waals surface area (Å²) >= 11 is 0. The Morgan fingerprint density at radius 1 is 1.39 bits per heavy atom. The van der Waals surface area contributed by atoms with Crippen LogP contribution in [0.15, 0.2) is 6.20 Å². The Labute approximate surface area is 104 Å². The molecule has 2 heterocycles. The van der Waals surface area contributed by atoms with E-state index in [4.69, 9.17) is 15.2 Å². The number of rotatable bonds is 6. The number of fused-ring (bicyclic) bond motifs is 1. The van der Waals surface area contributed by atoms with Gasteiger partial charge in [-0.25, -0.2) is 9.67 Å². The zero-order chi connectivity index (χ0) is 13.0. The molecule has 0 saturated carbocycles. The van der Waals surface area contributed by atoms with E-state index in [1.54, 1.807) is 10.9 Å². The third kappa shape index (κ3) is 3.11. The van der Waals surface area contributed by atoms with Gasteiger partial charge >= 0.3 is 0 Å². The summed E-state index contributed by atoms with van der Waals surface area (Å²) in [6.45, 7) is 5.29. The van der Waals surface area contributed by atoms with Crippen LogP contribution in [0.3, 0.4) is 0 Å². The first kappa shape index (κ1) is 12.7. The van der Waals surface area contributed by atoms with Gasteiger partial charge in [0.1, 0.15) is 12.2 Å². The van der Waals surface area contributed by atoms with Gasteiger partial charge in [0.05, 0.1) is 25.5 Å². The molecule has 0 aromatic carbocycles. The molecule has 0 radical (unpaired) electrons. The second-order valence-electron chi connectivity index (χ2n) is 3.98. The number of nitrogens with zero attached hydrogens (tertiary/aromatic N) is 5. The van der Waals surface area contributed by atoms with E-state index in [1.165, 1.54) is 0 Å². The lowest BCUT2D eigenvalue weighted by Gasteiger charge is -2.08. The molecule has 8 heteroatoms. The number of ether oxygens (including phenoxy) is 2. The van der Waals surface area contributed by atoms with Crippen molar-refractivity contribution in [3.8, 4) is 0 Å². The average Bonchev–Trinajstić information content (AvgIpc) is 2.70. The first-order valence-corrected chi connectivity index (χ1v) is 5.68. The summed E-state index contributed by atoms with van der Waals surface area (Å²) < 4.78 is 12.3. The second-order valence-corrected chi connectivity index (χ2v) is 3.98. The Bertz CT molecular complexity index is 512. The molecule has 98 valence electrons. The van der Waals surface area contributed by atoms with Crippen molar-refractivity contribution in [1.82, 2.24) is 25.0 Å². The minimum atomic E-state index is 0.181. The van der Waals surface area contributed by atoms with Crippen LogP contribution in [0.4, 0.5) is 5.95 Å². The van der Waals surface area contributed by atoms with Gasteiger partial charge in [-0.15, -0.1) is 5.10 Å². The molecule has 0 unspecified atom stereocenters. The van der Waals surface area contributed by atoms with Crippen LogP contribution in [0, 0.1) is 0 Å². The summed E-state index contributed by atoms with van der Waals surface area (Å²) in [6, 6.07) is 0. The number of anilines is 1. The third-order valence-electron chi connectivity index (χ3n) is 2.19. The van der Waals surface area contributed by atoms with Gasteiger partial charge in [0.25, 0.3) is 0 Å². The lowest BCUT2D eigenvalue weighted by molar-refractivity contribution is -0.00399. The number of nitrogens with two attached hydrogens (primary N) is 1. The van der Waals surface area contributed by atoms with Crippen molar-refractivity contribution in [3.63, 3.8) is 0 Å². The zero-order valence-corrected chi connectivity index (χ0v) is 10.4. The summed E-state index contributed by atoms with van der Waals surface area (Å²) in [7, 11) is 0. The predicted molar refractivity (Wildman–Crippen MR) is 64.6 cm³/mol. The number of aromatic nitrogens is 5. The van der Waals surface area contributed by atoms with Crippen molar-refractivity contribution in [3.05, 3.63) is 6.20 Å². The molecule has 0 fully saturated rings. The molecule has 2 aromatic heterocycles. The lowest BCUT2D eigenvalue weighted by atomic mass is 10.5. The minimum absolute atomic E-state index is 0.181. The molecule has 2 N–H and O–H groups in total. The summed E-state index contributed by atoms with van der Waals surface area (Å²) in [6.07, 6.45) is 1.78. The first-order valence-electron chi connectivity index (χ1n) is 5.68. The van der Waals surface area contributed by atoms with Crippen LogP contribution in [0.2, 0.25) is 0 Å². The highest BCUT2D eigenvalue weighted by Crippen LogP contribution is 2.07. The standard InChI is InChI=1S/C10H16N6O2/c1-7(2)18-4-3-17-6-16-8-5-12-10(11)13-9(8)14-15-16/h5,7H,3-4,6H2,1-2H3,(H2,11,12,13). The topological polar surface area (TPSA) is 101 Å². The van der Waals surface area contributed by atoms with Gasteiger partial charge in [-0.2, -0.15) is 4.98 Å². The van der Waals surface area contributed by atoms with Gasteiger partial charge in [-0.3, -0.25) is 0 Å². The summed E-state index contributed by atoms with van der Waals surface area (Å²) in [4.78, 5) is 7.85. The van der Waals surface area contributed by atoms with Crippen molar-refractivity contribution in [2.45, 2.75) is 26.7 Å². The van der Waals surface area contributed by atoms with Gasteiger partial charge < -0.3 is 15.2 Å². The lowest BCUT2D eigenvalue weighted by Crippen LogP contribution is -2.12. The Balaban J connectivity index is 1.88. The highest BCUT2D eigenvalue weighted by atomic mass is 16.5. The molecule has 0 aliphatic rings. The maximum atomic E-state index is 5.45.